The fraction of sp³-hybridized carbons (Fsp3) is 0.212. The molecule has 0 radical (unpaired) electrons. The Morgan fingerprint density at radius 1 is 0.857 bits per heavy atom. The van der Waals surface area contributed by atoms with Crippen LogP contribution in [0.5, 0.6) is 11.8 Å². The smallest absolute Gasteiger partial charge is 0.353 e. The largest absolute Gasteiger partial charge is 0.481 e. The van der Waals surface area contributed by atoms with Crippen LogP contribution in [0, 0.1) is 5.92 Å². The maximum atomic E-state index is 12.3. The van der Waals surface area contributed by atoms with Crippen molar-refractivity contribution in [2.24, 2.45) is 11.1 Å². The highest BCUT2D eigenvalue weighted by Crippen LogP contribution is 2.41. The number of hydrogen-bond donors (Lipinski definition) is 4. The summed E-state index contributed by atoms with van der Waals surface area (Å²) in [5, 5.41) is 15.1. The van der Waals surface area contributed by atoms with Crippen molar-refractivity contribution in [1.82, 2.24) is 14.7 Å². The molecule has 4 aromatic rings. The van der Waals surface area contributed by atoms with E-state index >= 15 is 0 Å². The van der Waals surface area contributed by atoms with E-state index in [0.717, 1.165) is 24.0 Å². The van der Waals surface area contributed by atoms with Gasteiger partial charge in [-0.1, -0.05) is 78.0 Å². The minimum Gasteiger partial charge on any atom is -0.481 e. The number of nitrogens with zero attached hydrogens (tertiary/aromatic N) is 3. The Morgan fingerprint density at radius 3 is 1.92 bits per heavy atom. The van der Waals surface area contributed by atoms with Crippen LogP contribution in [-0.4, -0.2) is 61.2 Å². The first-order valence-corrected chi connectivity index (χ1v) is 16.3. The molecule has 1 aliphatic heterocycles. The molecule has 0 saturated heterocycles. The number of para-hydroxylation sites is 1. The van der Waals surface area contributed by atoms with E-state index in [1.807, 2.05) is 60.7 Å². The maximum Gasteiger partial charge on any atom is 0.353 e. The molecule has 4 N–H and O–H groups in total. The number of amides is 2. The Bertz CT molecular complexity index is 1910. The highest BCUT2D eigenvalue weighted by atomic mass is 32.2. The number of benzene rings is 3. The number of anilines is 2. The summed E-state index contributed by atoms with van der Waals surface area (Å²) < 4.78 is 38.5. The van der Waals surface area contributed by atoms with E-state index in [0.29, 0.717) is 0 Å². The van der Waals surface area contributed by atoms with Gasteiger partial charge in [-0.15, -0.1) is 0 Å². The summed E-state index contributed by atoms with van der Waals surface area (Å²) in [6.07, 6.45) is 1.78. The van der Waals surface area contributed by atoms with Crippen LogP contribution in [0.15, 0.2) is 96.2 Å². The second-order valence-corrected chi connectivity index (χ2v) is 12.2. The molecule has 16 heteroatoms. The Morgan fingerprint density at radius 2 is 1.41 bits per heavy atom. The molecule has 1 aromatic heterocycles. The molecule has 0 bridgehead atoms. The standard InChI is InChI=1S/C17H19N5O6S.C16H13NO3/c1-27-13-9-14(28-2)19-16(18-13)20-17(24)22-29(25,26)21-12-6-4-3-5-11(12)15(23)10-7-8-10;18-15(19)14-11-16(20-17-14,12-7-3-1-4-8-12)13-9-5-2-6-10-13/h3-6,9-10,21H,7-8H2,1-2H3,(H2,18,19,20,22,24);1-10H,11H2,(H,18,19). The third-order valence-electron chi connectivity index (χ3n) is 7.39. The highest BCUT2D eigenvalue weighted by Gasteiger charge is 2.44. The average Bonchev–Trinajstić information content (AvgIpc) is 3.85. The van der Waals surface area contributed by atoms with Gasteiger partial charge >= 0.3 is 22.2 Å². The third-order valence-corrected chi connectivity index (χ3v) is 8.33. The number of nitrogens with one attached hydrogen (secondary N) is 3. The average molecular weight is 689 g/mol. The monoisotopic (exact) mass is 688 g/mol. The number of ether oxygens (including phenoxy) is 2. The summed E-state index contributed by atoms with van der Waals surface area (Å²) in [6.45, 7) is 0. The minimum absolute atomic E-state index is 0.0395. The maximum absolute atomic E-state index is 12.3. The van der Waals surface area contributed by atoms with E-state index in [1.165, 1.54) is 32.4 Å². The molecule has 2 amide bonds. The number of methoxy groups -OCH3 is 2. The molecule has 0 atom stereocenters. The van der Waals surface area contributed by atoms with Gasteiger partial charge in [-0.25, -0.2) is 14.3 Å². The molecule has 3 aromatic carbocycles. The van der Waals surface area contributed by atoms with E-state index in [1.54, 1.807) is 16.9 Å². The molecule has 49 heavy (non-hydrogen) atoms. The Kier molecular flexibility index (Phi) is 10.4. The molecular formula is C33H32N6O9S. The van der Waals surface area contributed by atoms with Crippen LogP contribution >= 0.6 is 0 Å². The topological polar surface area (TPSA) is 207 Å². The summed E-state index contributed by atoms with van der Waals surface area (Å²) in [5.74, 6) is -1.26. The van der Waals surface area contributed by atoms with Gasteiger partial charge < -0.3 is 19.4 Å². The number of carbonyl (C=O) groups is 3. The Labute approximate surface area is 281 Å². The zero-order valence-corrected chi connectivity index (χ0v) is 27.1. The Balaban J connectivity index is 0.000000204. The fourth-order valence-corrected chi connectivity index (χ4v) is 5.69. The van der Waals surface area contributed by atoms with Crippen molar-refractivity contribution in [3.63, 3.8) is 0 Å². The number of urea groups is 1. The number of carboxylic acid groups (broad SMARTS) is 1. The van der Waals surface area contributed by atoms with Gasteiger partial charge in [0.05, 0.1) is 32.4 Å². The highest BCUT2D eigenvalue weighted by molar-refractivity contribution is 7.91. The number of Topliss-reactive ketones (excluding diaryl/α,β-unsaturated/α-hetero) is 1. The Hall–Kier alpha value is -6.03. The first-order chi connectivity index (χ1) is 23.5. The van der Waals surface area contributed by atoms with E-state index in [9.17, 15) is 22.8 Å². The lowest BCUT2D eigenvalue weighted by atomic mass is 9.82. The number of aromatic nitrogens is 2. The van der Waals surface area contributed by atoms with E-state index < -0.39 is 27.8 Å². The minimum atomic E-state index is -4.33. The zero-order valence-electron chi connectivity index (χ0n) is 26.3. The molecule has 15 nitrogen and oxygen atoms in total. The number of aliphatic carboxylic acids is 1. The van der Waals surface area contributed by atoms with Crippen LogP contribution in [0.1, 0.15) is 40.7 Å². The molecule has 6 rings (SSSR count). The molecule has 1 aliphatic carbocycles. The van der Waals surface area contributed by atoms with Crippen LogP contribution < -0.4 is 24.2 Å². The first-order valence-electron chi connectivity index (χ1n) is 14.8. The molecular weight excluding hydrogens is 656 g/mol. The second kappa shape index (κ2) is 14.8. The van der Waals surface area contributed by atoms with Gasteiger partial charge in [0.2, 0.25) is 17.7 Å². The van der Waals surface area contributed by atoms with Crippen LogP contribution in [-0.2, 0) is 25.4 Å². The summed E-state index contributed by atoms with van der Waals surface area (Å²) in [5.41, 5.74) is 1.32. The lowest BCUT2D eigenvalue weighted by Crippen LogP contribution is -2.38. The van der Waals surface area contributed by atoms with Crippen LogP contribution in [0.4, 0.5) is 16.4 Å². The summed E-state index contributed by atoms with van der Waals surface area (Å²) >= 11 is 0. The predicted molar refractivity (Wildman–Crippen MR) is 178 cm³/mol. The van der Waals surface area contributed by atoms with Crippen molar-refractivity contribution in [2.45, 2.75) is 24.9 Å². The molecule has 2 aliphatic rings. The van der Waals surface area contributed by atoms with Gasteiger partial charge in [-0.05, 0) is 25.0 Å². The van der Waals surface area contributed by atoms with Crippen molar-refractivity contribution >= 4 is 45.3 Å². The van der Waals surface area contributed by atoms with Gasteiger partial charge in [0.25, 0.3) is 0 Å². The second-order valence-electron chi connectivity index (χ2n) is 10.8. The first kappa shape index (κ1) is 34.3. The normalized spacial score (nSPS) is 14.5. The van der Waals surface area contributed by atoms with Crippen LogP contribution in [0.25, 0.3) is 0 Å². The number of carbonyl (C=O) groups excluding carboxylic acids is 2. The quantitative estimate of drug-likeness (QED) is 0.163. The molecule has 1 saturated carbocycles. The number of rotatable bonds is 11. The zero-order chi connectivity index (χ0) is 35.0. The summed E-state index contributed by atoms with van der Waals surface area (Å²) in [6, 6.07) is 25.6. The van der Waals surface area contributed by atoms with E-state index in [4.69, 9.17) is 19.4 Å². The molecule has 2 heterocycles. The fourth-order valence-electron chi connectivity index (χ4n) is 4.88. The number of hydrogen-bond acceptors (Lipinski definition) is 11. The van der Waals surface area contributed by atoms with Gasteiger partial charge in [0.15, 0.2) is 17.1 Å². The number of carboxylic acids is 1. The lowest BCUT2D eigenvalue weighted by Gasteiger charge is -2.27. The summed E-state index contributed by atoms with van der Waals surface area (Å²) in [4.78, 5) is 48.9. The van der Waals surface area contributed by atoms with Crippen LogP contribution in [0.3, 0.4) is 0 Å². The van der Waals surface area contributed by atoms with Crippen molar-refractivity contribution in [3.05, 3.63) is 108 Å². The molecule has 0 unspecified atom stereocenters. The third kappa shape index (κ3) is 8.47. The molecule has 254 valence electrons. The van der Waals surface area contributed by atoms with Gasteiger partial charge in [-0.3, -0.25) is 14.8 Å². The van der Waals surface area contributed by atoms with Crippen molar-refractivity contribution in [2.75, 3.05) is 24.3 Å². The SMILES string of the molecule is COc1cc(OC)nc(NC(=O)NS(=O)(=O)Nc2ccccc2C(=O)C2CC2)n1.O=C(O)C1=NOC(c2ccccc2)(c2ccccc2)C1. The van der Waals surface area contributed by atoms with Crippen LogP contribution in [0.2, 0.25) is 0 Å². The van der Waals surface area contributed by atoms with E-state index in [2.05, 4.69) is 25.2 Å². The van der Waals surface area contributed by atoms with Gasteiger partial charge in [0.1, 0.15) is 0 Å². The van der Waals surface area contributed by atoms with Gasteiger partial charge in [-0.2, -0.15) is 18.4 Å². The summed E-state index contributed by atoms with van der Waals surface area (Å²) in [7, 11) is -1.61. The number of ketones is 1. The lowest BCUT2D eigenvalue weighted by molar-refractivity contribution is -0.129. The molecule has 1 fully saturated rings. The predicted octanol–water partition coefficient (Wildman–Crippen LogP) is 4.36. The number of oxime groups is 1. The van der Waals surface area contributed by atoms with Crippen molar-refractivity contribution < 1.29 is 42.2 Å². The van der Waals surface area contributed by atoms with E-state index in [-0.39, 0.29) is 52.8 Å². The van der Waals surface area contributed by atoms with Crippen molar-refractivity contribution in [1.29, 1.82) is 0 Å². The molecule has 0 spiro atoms. The van der Waals surface area contributed by atoms with Gasteiger partial charge in [0, 0.05) is 22.6 Å². The van der Waals surface area contributed by atoms with Crippen molar-refractivity contribution in [3.8, 4) is 11.8 Å².